The third-order valence-electron chi connectivity index (χ3n) is 1.45. The minimum atomic E-state index is -1.32. The Balaban J connectivity index is 4.18. The molecule has 0 bridgehead atoms. The second-order valence-electron chi connectivity index (χ2n) is 4.16. The van der Waals surface area contributed by atoms with E-state index in [9.17, 15) is 14.7 Å². The number of carboxylic acid groups (broad SMARTS) is 1. The summed E-state index contributed by atoms with van der Waals surface area (Å²) in [6.45, 7) is 5.31. The lowest BCUT2D eigenvalue weighted by Crippen LogP contribution is -2.84. The van der Waals surface area contributed by atoms with Gasteiger partial charge in [-0.15, -0.1) is 0 Å². The molecule has 6 nitrogen and oxygen atoms in total. The number of hydrogen-bond acceptors (Lipinski definition) is 4. The van der Waals surface area contributed by atoms with Crippen LogP contribution in [0.15, 0.2) is 0 Å². The Kier molecular flexibility index (Phi) is 5.07. The van der Waals surface area contributed by atoms with E-state index >= 15 is 0 Å². The topological polar surface area (TPSA) is 95.1 Å². The van der Waals surface area contributed by atoms with E-state index in [1.165, 1.54) is 0 Å². The number of nitrogens with two attached hydrogens (primary N) is 1. The summed E-state index contributed by atoms with van der Waals surface area (Å²) in [4.78, 5) is 21.8. The zero-order valence-corrected chi connectivity index (χ0v) is 9.49. The summed E-state index contributed by atoms with van der Waals surface area (Å²) in [6, 6.07) is -1.04. The van der Waals surface area contributed by atoms with Crippen LogP contribution in [0, 0.1) is 0 Å². The van der Waals surface area contributed by atoms with Gasteiger partial charge in [-0.1, -0.05) is 0 Å². The van der Waals surface area contributed by atoms with Crippen molar-refractivity contribution in [3.8, 4) is 0 Å². The van der Waals surface area contributed by atoms with Crippen LogP contribution in [0.25, 0.3) is 0 Å². The van der Waals surface area contributed by atoms with Crippen molar-refractivity contribution in [3.63, 3.8) is 0 Å². The number of hydrogen-bond donors (Lipinski definition) is 2. The maximum atomic E-state index is 11.2. The number of rotatable bonds is 4. The molecule has 1 atom stereocenters. The molecule has 0 saturated heterocycles. The second kappa shape index (κ2) is 5.55. The highest BCUT2D eigenvalue weighted by Gasteiger charge is 2.20. The van der Waals surface area contributed by atoms with Crippen molar-refractivity contribution in [3.05, 3.63) is 0 Å². The van der Waals surface area contributed by atoms with Crippen LogP contribution >= 0.6 is 0 Å². The molecule has 0 saturated carbocycles. The zero-order valence-electron chi connectivity index (χ0n) is 9.49. The molecular formula is C9H18N2O4. The van der Waals surface area contributed by atoms with Crippen molar-refractivity contribution in [2.45, 2.75) is 32.4 Å². The molecule has 0 aliphatic carbocycles. The highest BCUT2D eigenvalue weighted by molar-refractivity contribution is 5.78. The molecule has 88 valence electrons. The fourth-order valence-electron chi connectivity index (χ4n) is 0.900. The summed E-state index contributed by atoms with van der Waals surface area (Å²) < 4.78 is 4.91. The molecule has 0 fully saturated rings. The number of alkyl carbamates (subject to hydrolysis) is 1. The van der Waals surface area contributed by atoms with Crippen molar-refractivity contribution in [2.24, 2.45) is 0 Å². The van der Waals surface area contributed by atoms with E-state index in [1.54, 1.807) is 33.1 Å². The molecule has 15 heavy (non-hydrogen) atoms. The minimum Gasteiger partial charge on any atom is -0.548 e. The van der Waals surface area contributed by atoms with E-state index in [1.807, 2.05) is 0 Å². The highest BCUT2D eigenvalue weighted by atomic mass is 16.6. The van der Waals surface area contributed by atoms with Gasteiger partial charge in [-0.25, -0.2) is 4.79 Å². The number of nitrogens with one attached hydrogen (secondary N) is 1. The number of likely N-dealkylation sites (N-methyl/N-ethyl adjacent to an activating group) is 1. The van der Waals surface area contributed by atoms with Gasteiger partial charge in [0.25, 0.3) is 0 Å². The lowest BCUT2D eigenvalue weighted by Gasteiger charge is -2.23. The number of quaternary nitrogens is 1. The molecule has 0 aliphatic heterocycles. The third kappa shape index (κ3) is 6.73. The summed E-state index contributed by atoms with van der Waals surface area (Å²) in [6.07, 6.45) is -0.751. The Morgan fingerprint density at radius 3 is 2.33 bits per heavy atom. The smallest absolute Gasteiger partial charge is 0.408 e. The largest absolute Gasteiger partial charge is 0.548 e. The van der Waals surface area contributed by atoms with Gasteiger partial charge in [0.05, 0.1) is 13.0 Å². The van der Waals surface area contributed by atoms with Gasteiger partial charge in [-0.2, -0.15) is 0 Å². The number of carbonyl (C=O) groups excluding carboxylic acids is 2. The van der Waals surface area contributed by atoms with Crippen LogP contribution in [0.5, 0.6) is 0 Å². The van der Waals surface area contributed by atoms with Crippen LogP contribution in [0.2, 0.25) is 0 Å². The minimum absolute atomic E-state index is 0.210. The van der Waals surface area contributed by atoms with E-state index in [0.717, 1.165) is 0 Å². The van der Waals surface area contributed by atoms with E-state index in [4.69, 9.17) is 4.74 Å². The van der Waals surface area contributed by atoms with E-state index < -0.39 is 23.7 Å². The molecule has 0 aromatic rings. The molecule has 0 rings (SSSR count). The number of amides is 1. The maximum Gasteiger partial charge on any atom is 0.408 e. The predicted molar refractivity (Wildman–Crippen MR) is 50.9 cm³/mol. The Morgan fingerprint density at radius 2 is 2.00 bits per heavy atom. The van der Waals surface area contributed by atoms with Crippen molar-refractivity contribution in [1.82, 2.24) is 5.32 Å². The first kappa shape index (κ1) is 13.7. The molecule has 0 unspecified atom stereocenters. The van der Waals surface area contributed by atoms with Crippen molar-refractivity contribution in [2.75, 3.05) is 13.6 Å². The molecule has 3 N–H and O–H groups in total. The van der Waals surface area contributed by atoms with Gasteiger partial charge in [-0.05, 0) is 20.8 Å². The Morgan fingerprint density at radius 1 is 1.47 bits per heavy atom. The summed E-state index contributed by atoms with van der Waals surface area (Å²) in [7, 11) is 1.70. The molecule has 0 aliphatic rings. The van der Waals surface area contributed by atoms with Crippen LogP contribution in [0.3, 0.4) is 0 Å². The van der Waals surface area contributed by atoms with Gasteiger partial charge in [0.2, 0.25) is 0 Å². The quantitative estimate of drug-likeness (QED) is 0.561. The molecular weight excluding hydrogens is 200 g/mol. The summed E-state index contributed by atoms with van der Waals surface area (Å²) in [5, 5.41) is 14.4. The maximum absolute atomic E-state index is 11.2. The standard InChI is InChI=1S/C9H18N2O4/c1-9(2,3)15-8(14)11-6(5-10-4)7(12)13/h6,10H,5H2,1-4H3,(H,11,14)(H,12,13)/t6-/m0/s1. The monoisotopic (exact) mass is 218 g/mol. The van der Waals surface area contributed by atoms with Gasteiger partial charge < -0.3 is 25.3 Å². The van der Waals surface area contributed by atoms with Crippen molar-refractivity contribution >= 4 is 12.1 Å². The van der Waals surface area contributed by atoms with E-state index in [0.29, 0.717) is 0 Å². The van der Waals surface area contributed by atoms with E-state index in [2.05, 4.69) is 5.32 Å². The average molecular weight is 218 g/mol. The van der Waals surface area contributed by atoms with Gasteiger partial charge in [-0.3, -0.25) is 0 Å². The molecule has 1 amide bonds. The molecule has 0 aromatic carbocycles. The summed E-state index contributed by atoms with van der Waals surface area (Å²) >= 11 is 0. The van der Waals surface area contributed by atoms with Crippen LogP contribution in [0.1, 0.15) is 20.8 Å². The Hall–Kier alpha value is -1.30. The first-order valence-electron chi connectivity index (χ1n) is 4.74. The van der Waals surface area contributed by atoms with Gasteiger partial charge >= 0.3 is 6.09 Å². The van der Waals surface area contributed by atoms with Crippen LogP contribution < -0.4 is 15.7 Å². The van der Waals surface area contributed by atoms with Gasteiger partial charge in [0, 0.05) is 0 Å². The second-order valence-corrected chi connectivity index (χ2v) is 4.16. The predicted octanol–water partition coefficient (Wildman–Crippen LogP) is -2.18. The molecule has 0 aromatic heterocycles. The number of aliphatic carboxylic acids is 1. The van der Waals surface area contributed by atoms with Gasteiger partial charge in [0.15, 0.2) is 0 Å². The molecule has 0 heterocycles. The fourth-order valence-corrected chi connectivity index (χ4v) is 0.900. The van der Waals surface area contributed by atoms with Gasteiger partial charge in [0.1, 0.15) is 18.2 Å². The number of carboxylic acids is 1. The first-order valence-corrected chi connectivity index (χ1v) is 4.74. The number of ether oxygens (including phenoxy) is 1. The SMILES string of the molecule is C[NH2+]C[C@H](NC(=O)OC(C)(C)C)C(=O)[O-]. The summed E-state index contributed by atoms with van der Waals surface area (Å²) in [5.41, 5.74) is -0.642. The van der Waals surface area contributed by atoms with Crippen LogP contribution in [0.4, 0.5) is 4.79 Å². The normalized spacial score (nSPS) is 13.1. The molecule has 0 radical (unpaired) electrons. The first-order chi connectivity index (χ1) is 6.76. The van der Waals surface area contributed by atoms with Crippen LogP contribution in [-0.4, -0.2) is 37.3 Å². The zero-order chi connectivity index (χ0) is 12.1. The Labute approximate surface area is 89.0 Å². The highest BCUT2D eigenvalue weighted by Crippen LogP contribution is 2.06. The van der Waals surface area contributed by atoms with E-state index in [-0.39, 0.29) is 6.54 Å². The Bertz CT molecular complexity index is 235. The average Bonchev–Trinajstić information content (AvgIpc) is 1.99. The fraction of sp³-hybridized carbons (Fsp3) is 0.778. The molecule has 0 spiro atoms. The van der Waals surface area contributed by atoms with Crippen molar-refractivity contribution < 1.29 is 24.7 Å². The van der Waals surface area contributed by atoms with Crippen molar-refractivity contribution in [1.29, 1.82) is 0 Å². The van der Waals surface area contributed by atoms with Crippen LogP contribution in [-0.2, 0) is 9.53 Å². The third-order valence-corrected chi connectivity index (χ3v) is 1.45. The summed E-state index contributed by atoms with van der Waals surface area (Å²) in [5.74, 6) is -1.32. The number of carbonyl (C=O) groups is 2. The lowest BCUT2D eigenvalue weighted by atomic mass is 10.2. The molecule has 6 heteroatoms. The lowest BCUT2D eigenvalue weighted by molar-refractivity contribution is -0.628.